The van der Waals surface area contributed by atoms with E-state index >= 15 is 0 Å². The molecule has 0 spiro atoms. The Hall–Kier alpha value is -2.34. The first-order chi connectivity index (χ1) is 10.5. The van der Waals surface area contributed by atoms with Crippen molar-refractivity contribution in [1.82, 2.24) is 19.5 Å². The van der Waals surface area contributed by atoms with Gasteiger partial charge in [-0.1, -0.05) is 11.6 Å². The number of halogens is 1. The average molecular weight is 318 g/mol. The third-order valence-corrected chi connectivity index (χ3v) is 3.96. The first kappa shape index (κ1) is 14.6. The molecular formula is C15H16ClN5O. The van der Waals surface area contributed by atoms with Crippen molar-refractivity contribution >= 4 is 28.6 Å². The van der Waals surface area contributed by atoms with Gasteiger partial charge in [0.05, 0.1) is 29.8 Å². The van der Waals surface area contributed by atoms with Crippen LogP contribution in [-0.4, -0.2) is 26.6 Å². The summed E-state index contributed by atoms with van der Waals surface area (Å²) in [5.41, 5.74) is 9.27. The lowest BCUT2D eigenvalue weighted by Gasteiger charge is -2.13. The Morgan fingerprint density at radius 3 is 2.77 bits per heavy atom. The van der Waals surface area contributed by atoms with Crippen LogP contribution in [0.4, 0.5) is 5.95 Å². The van der Waals surface area contributed by atoms with Gasteiger partial charge in [-0.15, -0.1) is 0 Å². The predicted molar refractivity (Wildman–Crippen MR) is 86.3 cm³/mol. The van der Waals surface area contributed by atoms with E-state index in [9.17, 15) is 0 Å². The summed E-state index contributed by atoms with van der Waals surface area (Å²) in [5, 5.41) is 1.36. The van der Waals surface area contributed by atoms with E-state index in [-0.39, 0.29) is 5.95 Å². The van der Waals surface area contributed by atoms with Gasteiger partial charge in [0, 0.05) is 29.7 Å². The van der Waals surface area contributed by atoms with Gasteiger partial charge in [-0.2, -0.15) is 4.98 Å². The number of nitrogens with zero attached hydrogens (tertiary/aromatic N) is 4. The van der Waals surface area contributed by atoms with Crippen LogP contribution in [-0.2, 0) is 6.54 Å². The molecule has 0 aromatic carbocycles. The third-order valence-electron chi connectivity index (χ3n) is 3.66. The van der Waals surface area contributed by atoms with E-state index in [1.54, 1.807) is 19.5 Å². The number of nitrogen functional groups attached to an aromatic ring is 1. The number of hydrogen-bond acceptors (Lipinski definition) is 5. The molecule has 0 amide bonds. The maximum Gasteiger partial charge on any atom is 0.221 e. The minimum absolute atomic E-state index is 0.217. The van der Waals surface area contributed by atoms with Crippen LogP contribution in [0, 0.1) is 13.8 Å². The summed E-state index contributed by atoms with van der Waals surface area (Å²) >= 11 is 6.23. The molecule has 0 unspecified atom stereocenters. The molecule has 7 heteroatoms. The zero-order chi connectivity index (χ0) is 15.9. The predicted octanol–water partition coefficient (Wildman–Crippen LogP) is 2.74. The molecule has 0 saturated carbocycles. The summed E-state index contributed by atoms with van der Waals surface area (Å²) < 4.78 is 7.36. The summed E-state index contributed by atoms with van der Waals surface area (Å²) in [6.07, 6.45) is 5.25. The second-order valence-electron chi connectivity index (χ2n) is 5.12. The van der Waals surface area contributed by atoms with Gasteiger partial charge >= 0.3 is 0 Å². The lowest BCUT2D eigenvalue weighted by Crippen LogP contribution is -2.06. The van der Waals surface area contributed by atoms with Gasteiger partial charge in [-0.05, 0) is 13.8 Å². The van der Waals surface area contributed by atoms with E-state index in [2.05, 4.69) is 15.0 Å². The lowest BCUT2D eigenvalue weighted by molar-refractivity contribution is 0.406. The van der Waals surface area contributed by atoms with Gasteiger partial charge in [-0.3, -0.25) is 4.98 Å². The lowest BCUT2D eigenvalue weighted by atomic mass is 10.1. The standard InChI is InChI=1S/C15H16ClN5O/c1-8-4-18-12(9(2)13(8)22-3)7-21-6-11(16)10-5-19-15(17)20-14(10)21/h4-6H,7H2,1-3H3,(H2,17,19,20). The Bertz CT molecular complexity index is 859. The second-order valence-corrected chi connectivity index (χ2v) is 5.52. The molecule has 0 aliphatic rings. The normalized spacial score (nSPS) is 11.1. The maximum absolute atomic E-state index is 6.23. The maximum atomic E-state index is 6.23. The molecule has 0 saturated heterocycles. The van der Waals surface area contributed by atoms with Crippen molar-refractivity contribution in [3.63, 3.8) is 0 Å². The number of hydrogen-bond donors (Lipinski definition) is 1. The number of ether oxygens (including phenoxy) is 1. The van der Waals surface area contributed by atoms with Gasteiger partial charge in [0.1, 0.15) is 11.4 Å². The number of anilines is 1. The molecule has 6 nitrogen and oxygen atoms in total. The summed E-state index contributed by atoms with van der Waals surface area (Å²) in [4.78, 5) is 12.7. The fourth-order valence-electron chi connectivity index (χ4n) is 2.55. The molecule has 2 N–H and O–H groups in total. The Labute approximate surface area is 132 Å². The highest BCUT2D eigenvalue weighted by Gasteiger charge is 2.14. The molecule has 3 aromatic rings. The minimum Gasteiger partial charge on any atom is -0.496 e. The summed E-state index contributed by atoms with van der Waals surface area (Å²) in [5.74, 6) is 1.07. The number of aromatic nitrogens is 4. The van der Waals surface area contributed by atoms with Crippen molar-refractivity contribution in [3.05, 3.63) is 40.4 Å². The molecule has 0 aliphatic carbocycles. The fourth-order valence-corrected chi connectivity index (χ4v) is 2.80. The van der Waals surface area contributed by atoms with E-state index in [0.29, 0.717) is 17.2 Å². The molecule has 114 valence electrons. The van der Waals surface area contributed by atoms with E-state index in [1.165, 1.54) is 0 Å². The summed E-state index contributed by atoms with van der Waals surface area (Å²) in [6.45, 7) is 4.49. The van der Waals surface area contributed by atoms with Crippen molar-refractivity contribution in [3.8, 4) is 5.75 Å². The minimum atomic E-state index is 0.217. The third kappa shape index (κ3) is 2.35. The molecule has 0 aliphatic heterocycles. The van der Waals surface area contributed by atoms with Gasteiger partial charge < -0.3 is 15.0 Å². The summed E-state index contributed by atoms with van der Waals surface area (Å²) in [6, 6.07) is 0. The van der Waals surface area contributed by atoms with E-state index in [0.717, 1.165) is 28.0 Å². The molecule has 3 heterocycles. The van der Waals surface area contributed by atoms with Crippen LogP contribution >= 0.6 is 11.6 Å². The Kier molecular flexibility index (Phi) is 3.62. The van der Waals surface area contributed by atoms with Gasteiger partial charge in [0.15, 0.2) is 0 Å². The number of methoxy groups -OCH3 is 1. The number of pyridine rings is 1. The van der Waals surface area contributed by atoms with E-state index in [4.69, 9.17) is 22.1 Å². The van der Waals surface area contributed by atoms with Crippen molar-refractivity contribution in [2.24, 2.45) is 0 Å². The Morgan fingerprint density at radius 2 is 2.05 bits per heavy atom. The van der Waals surface area contributed by atoms with Crippen LogP contribution in [0.15, 0.2) is 18.6 Å². The van der Waals surface area contributed by atoms with Crippen LogP contribution < -0.4 is 10.5 Å². The SMILES string of the molecule is COc1c(C)cnc(Cn2cc(Cl)c3cnc(N)nc32)c1C. The summed E-state index contributed by atoms with van der Waals surface area (Å²) in [7, 11) is 1.66. The highest BCUT2D eigenvalue weighted by atomic mass is 35.5. The largest absolute Gasteiger partial charge is 0.496 e. The topological polar surface area (TPSA) is 78.8 Å². The van der Waals surface area contributed by atoms with Crippen LogP contribution in [0.2, 0.25) is 5.02 Å². The van der Waals surface area contributed by atoms with E-state index < -0.39 is 0 Å². The number of fused-ring (bicyclic) bond motifs is 1. The Balaban J connectivity index is 2.09. The molecule has 3 rings (SSSR count). The monoisotopic (exact) mass is 317 g/mol. The van der Waals surface area contributed by atoms with Crippen molar-refractivity contribution in [1.29, 1.82) is 0 Å². The van der Waals surface area contributed by atoms with Crippen LogP contribution in [0.1, 0.15) is 16.8 Å². The van der Waals surface area contributed by atoms with Crippen molar-refractivity contribution in [2.75, 3.05) is 12.8 Å². The molecule has 3 aromatic heterocycles. The average Bonchev–Trinajstić information content (AvgIpc) is 2.78. The number of nitrogens with two attached hydrogens (primary N) is 1. The second kappa shape index (κ2) is 5.46. The highest BCUT2D eigenvalue weighted by Crippen LogP contribution is 2.28. The smallest absolute Gasteiger partial charge is 0.221 e. The van der Waals surface area contributed by atoms with Crippen LogP contribution in [0.5, 0.6) is 5.75 Å². The van der Waals surface area contributed by atoms with Crippen molar-refractivity contribution in [2.45, 2.75) is 20.4 Å². The molecule has 0 fully saturated rings. The molecule has 0 bridgehead atoms. The quantitative estimate of drug-likeness (QED) is 0.803. The van der Waals surface area contributed by atoms with Gasteiger partial charge in [0.2, 0.25) is 5.95 Å². The highest BCUT2D eigenvalue weighted by molar-refractivity contribution is 6.35. The van der Waals surface area contributed by atoms with Crippen LogP contribution in [0.3, 0.4) is 0 Å². The molecule has 22 heavy (non-hydrogen) atoms. The van der Waals surface area contributed by atoms with Crippen molar-refractivity contribution < 1.29 is 4.74 Å². The number of rotatable bonds is 3. The van der Waals surface area contributed by atoms with Crippen LogP contribution in [0.25, 0.3) is 11.0 Å². The van der Waals surface area contributed by atoms with E-state index in [1.807, 2.05) is 24.6 Å². The molecule has 0 atom stereocenters. The van der Waals surface area contributed by atoms with Gasteiger partial charge in [0.25, 0.3) is 0 Å². The molecule has 0 radical (unpaired) electrons. The fraction of sp³-hybridized carbons (Fsp3) is 0.267. The van der Waals surface area contributed by atoms with Gasteiger partial charge in [-0.25, -0.2) is 4.98 Å². The zero-order valence-corrected chi connectivity index (χ0v) is 13.3. The zero-order valence-electron chi connectivity index (χ0n) is 12.6. The molecular weight excluding hydrogens is 302 g/mol. The number of aryl methyl sites for hydroxylation is 1. The first-order valence-corrected chi connectivity index (χ1v) is 7.15. The Morgan fingerprint density at radius 1 is 1.27 bits per heavy atom. The first-order valence-electron chi connectivity index (χ1n) is 6.77.